The van der Waals surface area contributed by atoms with Gasteiger partial charge in [-0.1, -0.05) is 11.6 Å². The largest absolute Gasteiger partial charge is 0.488 e. The molecular weight excluding hydrogens is 296 g/mol. The lowest BCUT2D eigenvalue weighted by Gasteiger charge is -2.06. The minimum atomic E-state index is -0.953. The van der Waals surface area contributed by atoms with Gasteiger partial charge in [-0.2, -0.15) is 0 Å². The van der Waals surface area contributed by atoms with Crippen molar-refractivity contribution in [1.82, 2.24) is 0 Å². The van der Waals surface area contributed by atoms with Gasteiger partial charge in [0.05, 0.1) is 0 Å². The van der Waals surface area contributed by atoms with Crippen LogP contribution in [0.3, 0.4) is 0 Å². The maximum atomic E-state index is 10.4. The average Bonchev–Trinajstić information content (AvgIpc) is 2.86. The van der Waals surface area contributed by atoms with E-state index in [1.165, 1.54) is 11.3 Å². The summed E-state index contributed by atoms with van der Waals surface area (Å²) in [4.78, 5) is 11.5. The lowest BCUT2D eigenvalue weighted by Crippen LogP contribution is -1.93. The van der Waals surface area contributed by atoms with Crippen LogP contribution in [0, 0.1) is 6.92 Å². The normalized spacial score (nSPS) is 10.9. The molecule has 0 spiro atoms. The van der Waals surface area contributed by atoms with Gasteiger partial charge in [0.1, 0.15) is 12.4 Å². The molecule has 0 radical (unpaired) electrons. The Kier molecular flexibility index (Phi) is 4.82. The molecule has 0 saturated carbocycles. The van der Waals surface area contributed by atoms with Gasteiger partial charge in [-0.05, 0) is 53.8 Å². The molecule has 2 aromatic rings. The first-order valence-electron chi connectivity index (χ1n) is 5.92. The van der Waals surface area contributed by atoms with Crippen molar-refractivity contribution in [2.24, 2.45) is 0 Å². The summed E-state index contributed by atoms with van der Waals surface area (Å²) in [7, 11) is 0. The van der Waals surface area contributed by atoms with Gasteiger partial charge in [0, 0.05) is 16.0 Å². The zero-order valence-corrected chi connectivity index (χ0v) is 12.4. The molecule has 2 rings (SSSR count). The quantitative estimate of drug-likeness (QED) is 0.833. The number of carboxylic acid groups (broad SMARTS) is 1. The summed E-state index contributed by atoms with van der Waals surface area (Å²) in [6.07, 6.45) is 2.68. The number of aliphatic carboxylic acids is 1. The van der Waals surface area contributed by atoms with Crippen molar-refractivity contribution in [3.8, 4) is 5.75 Å². The highest BCUT2D eigenvalue weighted by atomic mass is 35.5. The summed E-state index contributed by atoms with van der Waals surface area (Å²) in [5.74, 6) is -0.187. The van der Waals surface area contributed by atoms with Crippen molar-refractivity contribution >= 4 is 35.0 Å². The number of aryl methyl sites for hydroxylation is 1. The third-order valence-corrected chi connectivity index (χ3v) is 3.96. The second-order valence-electron chi connectivity index (χ2n) is 4.22. The Morgan fingerprint density at radius 2 is 2.25 bits per heavy atom. The van der Waals surface area contributed by atoms with Crippen LogP contribution in [0.2, 0.25) is 5.02 Å². The molecule has 0 amide bonds. The summed E-state index contributed by atoms with van der Waals surface area (Å²) in [6, 6.07) is 7.43. The second-order valence-corrected chi connectivity index (χ2v) is 5.62. The maximum Gasteiger partial charge on any atom is 0.328 e. The van der Waals surface area contributed by atoms with Gasteiger partial charge in [0.2, 0.25) is 0 Å². The van der Waals surface area contributed by atoms with Gasteiger partial charge in [0.15, 0.2) is 0 Å². The fraction of sp³-hybridized carbons (Fsp3) is 0.133. The van der Waals surface area contributed by atoms with E-state index in [0.717, 1.165) is 32.9 Å². The molecule has 0 atom stereocenters. The zero-order chi connectivity index (χ0) is 14.5. The summed E-state index contributed by atoms with van der Waals surface area (Å²) >= 11 is 7.48. The van der Waals surface area contributed by atoms with E-state index in [4.69, 9.17) is 21.4 Å². The Hall–Kier alpha value is -1.78. The first-order chi connectivity index (χ1) is 9.54. The van der Waals surface area contributed by atoms with Crippen LogP contribution in [0.1, 0.15) is 16.0 Å². The molecule has 104 valence electrons. The number of halogens is 1. The Balaban J connectivity index is 1.97. The first-order valence-corrected chi connectivity index (χ1v) is 7.18. The monoisotopic (exact) mass is 308 g/mol. The predicted molar refractivity (Wildman–Crippen MR) is 81.5 cm³/mol. The standard InChI is InChI=1S/C15H13ClO3S/c1-10-6-12(3-4-14(10)16)19-8-13-7-11(9-20-13)2-5-15(17)18/h2-7,9H,8H2,1H3,(H,17,18). The molecule has 1 aromatic heterocycles. The van der Waals surface area contributed by atoms with Gasteiger partial charge in [-0.3, -0.25) is 0 Å². The van der Waals surface area contributed by atoms with Crippen LogP contribution in [0.25, 0.3) is 6.08 Å². The van der Waals surface area contributed by atoms with E-state index in [1.54, 1.807) is 6.08 Å². The molecule has 20 heavy (non-hydrogen) atoms. The van der Waals surface area contributed by atoms with Crippen molar-refractivity contribution in [3.63, 3.8) is 0 Å². The molecule has 1 heterocycles. The lowest BCUT2D eigenvalue weighted by atomic mass is 10.2. The molecular formula is C15H13ClO3S. The number of hydrogen-bond acceptors (Lipinski definition) is 3. The minimum Gasteiger partial charge on any atom is -0.488 e. The van der Waals surface area contributed by atoms with Crippen LogP contribution >= 0.6 is 22.9 Å². The molecule has 0 bridgehead atoms. The van der Waals surface area contributed by atoms with Gasteiger partial charge in [0.25, 0.3) is 0 Å². The lowest BCUT2D eigenvalue weighted by molar-refractivity contribution is -0.131. The topological polar surface area (TPSA) is 46.5 Å². The minimum absolute atomic E-state index is 0.451. The maximum absolute atomic E-state index is 10.4. The summed E-state index contributed by atoms with van der Waals surface area (Å²) in [5.41, 5.74) is 1.84. The molecule has 0 unspecified atom stereocenters. The highest BCUT2D eigenvalue weighted by Gasteiger charge is 2.02. The van der Waals surface area contributed by atoms with Crippen LogP contribution in [0.15, 0.2) is 35.7 Å². The predicted octanol–water partition coefficient (Wildman–Crippen LogP) is 4.39. The van der Waals surface area contributed by atoms with Crippen molar-refractivity contribution in [1.29, 1.82) is 0 Å². The molecule has 5 heteroatoms. The Morgan fingerprint density at radius 3 is 2.95 bits per heavy atom. The third-order valence-electron chi connectivity index (χ3n) is 2.60. The summed E-state index contributed by atoms with van der Waals surface area (Å²) in [5, 5.41) is 11.2. The smallest absolute Gasteiger partial charge is 0.328 e. The van der Waals surface area contributed by atoms with Crippen LogP contribution in [0.4, 0.5) is 0 Å². The molecule has 0 saturated heterocycles. The van der Waals surface area contributed by atoms with E-state index in [9.17, 15) is 4.79 Å². The van der Waals surface area contributed by atoms with E-state index >= 15 is 0 Å². The molecule has 0 aliphatic rings. The third kappa shape index (κ3) is 4.11. The van der Waals surface area contributed by atoms with E-state index in [-0.39, 0.29) is 0 Å². The van der Waals surface area contributed by atoms with Gasteiger partial charge >= 0.3 is 5.97 Å². The molecule has 1 N–H and O–H groups in total. The fourth-order valence-corrected chi connectivity index (χ4v) is 2.47. The number of thiophene rings is 1. The van der Waals surface area contributed by atoms with Crippen LogP contribution in [-0.4, -0.2) is 11.1 Å². The highest BCUT2D eigenvalue weighted by Crippen LogP contribution is 2.23. The number of ether oxygens (including phenoxy) is 1. The van der Waals surface area contributed by atoms with E-state index in [0.29, 0.717) is 6.61 Å². The van der Waals surface area contributed by atoms with Crippen LogP contribution in [0.5, 0.6) is 5.75 Å². The van der Waals surface area contributed by atoms with E-state index in [1.807, 2.05) is 36.6 Å². The van der Waals surface area contributed by atoms with E-state index in [2.05, 4.69) is 0 Å². The summed E-state index contributed by atoms with van der Waals surface area (Å²) in [6.45, 7) is 2.38. The fourth-order valence-electron chi connectivity index (χ4n) is 1.59. The zero-order valence-electron chi connectivity index (χ0n) is 10.8. The Bertz CT molecular complexity index is 646. The summed E-state index contributed by atoms with van der Waals surface area (Å²) < 4.78 is 5.68. The number of benzene rings is 1. The Labute approximate surface area is 126 Å². The Morgan fingerprint density at radius 1 is 1.45 bits per heavy atom. The molecule has 0 aliphatic heterocycles. The molecule has 0 aliphatic carbocycles. The van der Waals surface area contributed by atoms with Crippen molar-refractivity contribution in [2.75, 3.05) is 0 Å². The molecule has 1 aromatic carbocycles. The van der Waals surface area contributed by atoms with Crippen LogP contribution in [-0.2, 0) is 11.4 Å². The average molecular weight is 309 g/mol. The van der Waals surface area contributed by atoms with Crippen molar-refractivity contribution in [2.45, 2.75) is 13.5 Å². The van der Waals surface area contributed by atoms with Crippen molar-refractivity contribution in [3.05, 3.63) is 56.7 Å². The highest BCUT2D eigenvalue weighted by molar-refractivity contribution is 7.10. The van der Waals surface area contributed by atoms with Gasteiger partial charge < -0.3 is 9.84 Å². The van der Waals surface area contributed by atoms with E-state index < -0.39 is 5.97 Å². The second kappa shape index (κ2) is 6.59. The SMILES string of the molecule is Cc1cc(OCc2cc(C=CC(=O)O)cs2)ccc1Cl. The van der Waals surface area contributed by atoms with Crippen molar-refractivity contribution < 1.29 is 14.6 Å². The molecule has 0 fully saturated rings. The molecule has 3 nitrogen and oxygen atoms in total. The van der Waals surface area contributed by atoms with Crippen LogP contribution < -0.4 is 4.74 Å². The first kappa shape index (κ1) is 14.6. The number of carboxylic acids is 1. The number of hydrogen-bond donors (Lipinski definition) is 1. The number of carbonyl (C=O) groups is 1. The number of rotatable bonds is 5. The van der Waals surface area contributed by atoms with Gasteiger partial charge in [-0.25, -0.2) is 4.79 Å². The van der Waals surface area contributed by atoms with Gasteiger partial charge in [-0.15, -0.1) is 11.3 Å².